The first-order chi connectivity index (χ1) is 27.0. The van der Waals surface area contributed by atoms with E-state index >= 15 is 0 Å². The van der Waals surface area contributed by atoms with Crippen LogP contribution in [0.15, 0.2) is 65.7 Å². The number of para-hydroxylation sites is 1. The fourth-order valence-corrected chi connectivity index (χ4v) is 14.6. The van der Waals surface area contributed by atoms with E-state index in [1.54, 1.807) is 19.6 Å². The molecule has 0 saturated heterocycles. The van der Waals surface area contributed by atoms with Gasteiger partial charge in [-0.3, -0.25) is 4.99 Å². The van der Waals surface area contributed by atoms with Crippen molar-refractivity contribution in [2.45, 2.75) is 132 Å². The van der Waals surface area contributed by atoms with Gasteiger partial charge in [0.1, 0.15) is 0 Å². The van der Waals surface area contributed by atoms with Crippen molar-refractivity contribution in [3.8, 4) is 11.8 Å². The predicted molar refractivity (Wildman–Crippen MR) is 216 cm³/mol. The molecule has 1 aromatic carbocycles. The molecule has 11 rings (SSSR count). The van der Waals surface area contributed by atoms with Crippen LogP contribution >= 0.6 is 0 Å². The molecule has 8 aliphatic carbocycles. The van der Waals surface area contributed by atoms with Crippen molar-refractivity contribution in [3.63, 3.8) is 0 Å². The maximum Gasteiger partial charge on any atom is 0.189 e. The van der Waals surface area contributed by atoms with Crippen molar-refractivity contribution in [2.24, 2.45) is 57.1 Å². The number of aromatic nitrogens is 3. The number of hydrogen-bond acceptors (Lipinski definition) is 6. The molecule has 4 bridgehead atoms. The molecule has 6 saturated carbocycles. The average molecular weight is 761 g/mol. The maximum atomic E-state index is 13.7. The first-order valence-electron chi connectivity index (χ1n) is 21.6. The van der Waals surface area contributed by atoms with E-state index in [-0.39, 0.29) is 53.3 Å². The quantitative estimate of drug-likeness (QED) is 0.0784. The van der Waals surface area contributed by atoms with Crippen LogP contribution in [0.3, 0.4) is 0 Å². The molecule has 2 heterocycles. The summed E-state index contributed by atoms with van der Waals surface area (Å²) in [6, 6.07) is 10.2. The number of H-pyrrole nitrogens is 1. The summed E-state index contributed by atoms with van der Waals surface area (Å²) in [5.41, 5.74) is 5.86. The van der Waals surface area contributed by atoms with Crippen LogP contribution in [0.1, 0.15) is 95.6 Å². The Kier molecular flexibility index (Phi) is 8.65. The maximum absolute atomic E-state index is 13.7. The van der Waals surface area contributed by atoms with Gasteiger partial charge in [0.2, 0.25) is 0 Å². The lowest BCUT2D eigenvalue weighted by Crippen LogP contribution is -2.56. The second kappa shape index (κ2) is 13.2. The zero-order valence-electron chi connectivity index (χ0n) is 32.8. The Morgan fingerprint density at radius 1 is 1.02 bits per heavy atom. The van der Waals surface area contributed by atoms with Gasteiger partial charge in [-0.25, -0.2) is 4.98 Å². The number of fused-ring (bicyclic) bond motifs is 2. The fraction of sp³-hybridized carbons (Fsp3) is 0.652. The normalized spacial score (nSPS) is 43.3. The van der Waals surface area contributed by atoms with Crippen LogP contribution in [0.5, 0.6) is 0 Å². The van der Waals surface area contributed by atoms with E-state index in [0.29, 0.717) is 32.2 Å². The third kappa shape index (κ3) is 5.58. The van der Waals surface area contributed by atoms with Gasteiger partial charge in [-0.1, -0.05) is 61.0 Å². The van der Waals surface area contributed by atoms with Gasteiger partial charge in [0.05, 0.1) is 41.8 Å². The van der Waals surface area contributed by atoms with Gasteiger partial charge in [0.15, 0.2) is 5.96 Å². The summed E-state index contributed by atoms with van der Waals surface area (Å²) >= 11 is 0. The van der Waals surface area contributed by atoms with Gasteiger partial charge in [0.25, 0.3) is 0 Å². The minimum atomic E-state index is -1.47. The van der Waals surface area contributed by atoms with Crippen molar-refractivity contribution < 1.29 is 20.4 Å². The topological polar surface area (TPSA) is 165 Å². The van der Waals surface area contributed by atoms with E-state index < -0.39 is 34.4 Å². The van der Waals surface area contributed by atoms with Crippen molar-refractivity contribution in [3.05, 3.63) is 66.4 Å². The minimum absolute atomic E-state index is 0.0120. The minimum Gasteiger partial charge on any atom is -0.390 e. The zero-order valence-corrected chi connectivity index (χ0v) is 32.8. The number of nitrogens with one attached hydrogen (secondary N) is 2. The summed E-state index contributed by atoms with van der Waals surface area (Å²) < 4.78 is 2.00. The first-order valence-corrected chi connectivity index (χ1v) is 21.6. The van der Waals surface area contributed by atoms with Crippen LogP contribution in [0, 0.1) is 58.2 Å². The number of hydrogen-bond donors (Lipinski definition) is 7. The molecule has 3 aromatic rings. The molecule has 2 spiro atoms. The third-order valence-electron chi connectivity index (χ3n) is 16.7. The van der Waals surface area contributed by atoms with Gasteiger partial charge in [-0.05, 0) is 117 Å². The molecule has 8 N–H and O–H groups in total. The van der Waals surface area contributed by atoms with E-state index in [4.69, 9.17) is 5.73 Å². The van der Waals surface area contributed by atoms with Crippen molar-refractivity contribution in [1.82, 2.24) is 19.9 Å². The lowest BCUT2D eigenvalue weighted by Gasteiger charge is -2.58. The van der Waals surface area contributed by atoms with Gasteiger partial charge < -0.3 is 41.0 Å². The summed E-state index contributed by atoms with van der Waals surface area (Å²) in [6.07, 6.45) is 19.4. The Morgan fingerprint density at radius 2 is 1.86 bits per heavy atom. The van der Waals surface area contributed by atoms with Crippen LogP contribution in [0.2, 0.25) is 0 Å². The molecule has 12 atom stereocenters. The van der Waals surface area contributed by atoms with Gasteiger partial charge >= 0.3 is 0 Å². The lowest BCUT2D eigenvalue weighted by atomic mass is 9.46. The third-order valence-corrected chi connectivity index (χ3v) is 16.7. The van der Waals surface area contributed by atoms with Crippen molar-refractivity contribution in [1.29, 1.82) is 0 Å². The van der Waals surface area contributed by atoms with Crippen LogP contribution in [-0.4, -0.2) is 76.9 Å². The van der Waals surface area contributed by atoms with Gasteiger partial charge in [-0.2, -0.15) is 0 Å². The number of guanidine groups is 1. The van der Waals surface area contributed by atoms with Crippen LogP contribution in [0.4, 0.5) is 0 Å². The number of rotatable bonds is 6. The second-order valence-corrected chi connectivity index (χ2v) is 19.5. The summed E-state index contributed by atoms with van der Waals surface area (Å²) in [5.74, 6) is 7.36. The Morgan fingerprint density at radius 3 is 2.64 bits per heavy atom. The molecule has 8 aliphatic rings. The molecule has 10 heteroatoms. The van der Waals surface area contributed by atoms with E-state index in [0.717, 1.165) is 69.0 Å². The lowest BCUT2D eigenvalue weighted by molar-refractivity contribution is -0.142. The molecule has 0 aliphatic heterocycles. The van der Waals surface area contributed by atoms with Gasteiger partial charge in [0, 0.05) is 54.8 Å². The number of nitrogens with zero attached hydrogens (tertiary/aromatic N) is 3. The summed E-state index contributed by atoms with van der Waals surface area (Å²) in [7, 11) is 1.65. The van der Waals surface area contributed by atoms with E-state index in [9.17, 15) is 20.4 Å². The van der Waals surface area contributed by atoms with Gasteiger partial charge in [-0.15, -0.1) is 0 Å². The summed E-state index contributed by atoms with van der Waals surface area (Å²) in [6.45, 7) is 0.497. The first kappa shape index (κ1) is 36.7. The average Bonchev–Trinajstić information content (AvgIpc) is 3.96. The largest absolute Gasteiger partial charge is 0.390 e. The van der Waals surface area contributed by atoms with E-state index in [2.05, 4.69) is 68.5 Å². The molecule has 12 unspecified atom stereocenters. The van der Waals surface area contributed by atoms with Crippen LogP contribution < -0.4 is 11.1 Å². The summed E-state index contributed by atoms with van der Waals surface area (Å²) in [4.78, 5) is 12.2. The zero-order chi connectivity index (χ0) is 38.5. The second-order valence-electron chi connectivity index (χ2n) is 19.5. The molecule has 0 amide bonds. The number of allylic oxidation sites excluding steroid dienone is 2. The standard InChI is InChI=1S/C46H60N6O4/c1-48-41(47)51-34-13-11-31-22-42(15-16-43(54,26-42)27-52-18-17-49-28-52)23-33(20-35-19-29-7-5-6-10-38(29)50-35)44(31)24-32-12-14-36(44)40-37(21-39(53)45(40,55)25-34)46(32,56)30-8-3-2-4-9-30/h5-7,10,17-19,23,28,30-32,34,36-37,39-40,50,53-56H,2-4,8-9,12,14-16,20-22,24-27H2,1H3,(H3,47,48,51). The highest BCUT2D eigenvalue weighted by Crippen LogP contribution is 2.73. The molecule has 10 nitrogen and oxygen atoms in total. The number of benzene rings is 1. The van der Waals surface area contributed by atoms with E-state index in [1.807, 2.05) is 10.8 Å². The molecule has 2 aromatic heterocycles. The number of aliphatic imine (C=N–C) groups is 1. The fourth-order valence-electron chi connectivity index (χ4n) is 14.6. The highest BCUT2D eigenvalue weighted by atomic mass is 16.3. The number of aromatic amines is 1. The Bertz CT molecular complexity index is 2060. The van der Waals surface area contributed by atoms with Crippen LogP contribution in [0.25, 0.3) is 10.9 Å². The molecule has 0 radical (unpaired) electrons. The molecular weight excluding hydrogens is 701 g/mol. The molecular formula is C46H60N6O4. The van der Waals surface area contributed by atoms with Crippen molar-refractivity contribution in [2.75, 3.05) is 7.05 Å². The monoisotopic (exact) mass is 760 g/mol. The molecule has 56 heavy (non-hydrogen) atoms. The highest BCUT2D eigenvalue weighted by Gasteiger charge is 2.73. The molecule has 6 fully saturated rings. The number of aliphatic hydroxyl groups excluding tert-OH is 1. The number of imidazole rings is 1. The predicted octanol–water partition coefficient (Wildman–Crippen LogP) is 5.22. The Labute approximate surface area is 330 Å². The smallest absolute Gasteiger partial charge is 0.189 e. The van der Waals surface area contributed by atoms with Crippen LogP contribution in [-0.2, 0) is 13.0 Å². The molecule has 298 valence electrons. The summed E-state index contributed by atoms with van der Waals surface area (Å²) in [5, 5.41) is 56.0. The van der Waals surface area contributed by atoms with E-state index in [1.165, 1.54) is 17.4 Å². The Balaban J connectivity index is 1.18. The van der Waals surface area contributed by atoms with Crippen molar-refractivity contribution >= 4 is 16.9 Å². The highest BCUT2D eigenvalue weighted by molar-refractivity contribution is 5.80. The SMILES string of the molecule is CN=C(N)NC1C#CC2CC3(C=C(Cc4cc5ccccc5[nH]4)C24CC2CCC4C4C(CC(O)C4(O)C1)C2(O)C1CCCCC1)CCC(O)(Cn1ccnc1)C3. The number of nitrogens with two attached hydrogens (primary N) is 1. The Hall–Kier alpha value is -3.62. The number of aliphatic hydroxyl groups is 4.